The first-order valence-corrected chi connectivity index (χ1v) is 7.18. The summed E-state index contributed by atoms with van der Waals surface area (Å²) in [6.07, 6.45) is -5.33. The lowest BCUT2D eigenvalue weighted by Gasteiger charge is -2.44. The predicted molar refractivity (Wildman–Crippen MR) is 76.7 cm³/mol. The van der Waals surface area contributed by atoms with Gasteiger partial charge in [0.15, 0.2) is 0 Å². The molecule has 1 aromatic carbocycles. The first-order valence-electron chi connectivity index (χ1n) is 7.18. The zero-order valence-electron chi connectivity index (χ0n) is 12.9. The molecule has 1 heterocycles. The van der Waals surface area contributed by atoms with Crippen molar-refractivity contribution in [2.45, 2.75) is 24.9 Å². The average Bonchev–Trinajstić information content (AvgIpc) is 2.53. The van der Waals surface area contributed by atoms with Crippen LogP contribution in [0.5, 0.6) is 0 Å². The summed E-state index contributed by atoms with van der Waals surface area (Å²) in [4.78, 5) is 23.8. The number of hydrogen-bond donors (Lipinski definition) is 3. The molecule has 1 aliphatic heterocycles. The van der Waals surface area contributed by atoms with Crippen molar-refractivity contribution in [1.82, 2.24) is 10.6 Å². The SMILES string of the molecule is CCOC(=O)C1C(c2ccc(C#N)cc2)NC(=O)NC1(O)C(F)(F)F. The highest BCUT2D eigenvalue weighted by molar-refractivity contribution is 5.83. The van der Waals surface area contributed by atoms with Crippen LogP contribution < -0.4 is 10.6 Å². The van der Waals surface area contributed by atoms with Crippen LogP contribution in [0.2, 0.25) is 0 Å². The molecule has 7 nitrogen and oxygen atoms in total. The molecule has 0 saturated carbocycles. The average molecular weight is 357 g/mol. The van der Waals surface area contributed by atoms with Crippen LogP contribution in [0, 0.1) is 17.2 Å². The number of amides is 2. The maximum atomic E-state index is 13.4. The van der Waals surface area contributed by atoms with Crippen LogP contribution in [0.4, 0.5) is 18.0 Å². The molecule has 10 heteroatoms. The molecule has 134 valence electrons. The Bertz CT molecular complexity index is 714. The Balaban J connectivity index is 2.55. The summed E-state index contributed by atoms with van der Waals surface area (Å²) < 4.78 is 44.9. The lowest BCUT2D eigenvalue weighted by molar-refractivity contribution is -0.294. The molecule has 0 aliphatic carbocycles. The lowest BCUT2D eigenvalue weighted by atomic mass is 9.82. The third kappa shape index (κ3) is 3.36. The van der Waals surface area contributed by atoms with E-state index in [0.717, 1.165) is 0 Å². The minimum Gasteiger partial charge on any atom is -0.466 e. The van der Waals surface area contributed by atoms with Gasteiger partial charge in [-0.05, 0) is 24.6 Å². The van der Waals surface area contributed by atoms with E-state index >= 15 is 0 Å². The second kappa shape index (κ2) is 6.60. The molecule has 0 bridgehead atoms. The number of nitrogens with one attached hydrogen (secondary N) is 2. The Kier molecular flexibility index (Phi) is 4.89. The van der Waals surface area contributed by atoms with E-state index in [0.29, 0.717) is 0 Å². The molecule has 3 atom stereocenters. The van der Waals surface area contributed by atoms with Crippen molar-refractivity contribution in [3.8, 4) is 6.07 Å². The molecule has 2 rings (SSSR count). The molecule has 0 spiro atoms. The largest absolute Gasteiger partial charge is 0.466 e. The number of nitrogens with zero attached hydrogens (tertiary/aromatic N) is 1. The fourth-order valence-corrected chi connectivity index (χ4v) is 2.58. The first-order chi connectivity index (χ1) is 11.6. The molecule has 3 N–H and O–H groups in total. The maximum absolute atomic E-state index is 13.4. The Morgan fingerprint density at radius 2 is 2.00 bits per heavy atom. The zero-order valence-corrected chi connectivity index (χ0v) is 12.9. The van der Waals surface area contributed by atoms with E-state index in [2.05, 4.69) is 10.1 Å². The van der Waals surface area contributed by atoms with Gasteiger partial charge in [0, 0.05) is 0 Å². The number of alkyl halides is 3. The van der Waals surface area contributed by atoms with Gasteiger partial charge in [0.05, 0.1) is 24.3 Å². The van der Waals surface area contributed by atoms with E-state index in [1.54, 1.807) is 0 Å². The van der Waals surface area contributed by atoms with E-state index < -0.39 is 35.9 Å². The Hall–Kier alpha value is -2.80. The second-order valence-electron chi connectivity index (χ2n) is 5.30. The van der Waals surface area contributed by atoms with Crippen LogP contribution in [-0.2, 0) is 9.53 Å². The molecule has 1 aromatic rings. The monoisotopic (exact) mass is 357 g/mol. The van der Waals surface area contributed by atoms with Gasteiger partial charge in [0.1, 0.15) is 5.92 Å². The fourth-order valence-electron chi connectivity index (χ4n) is 2.58. The highest BCUT2D eigenvalue weighted by atomic mass is 19.4. The highest BCUT2D eigenvalue weighted by Crippen LogP contribution is 2.43. The van der Waals surface area contributed by atoms with Gasteiger partial charge in [-0.2, -0.15) is 18.4 Å². The van der Waals surface area contributed by atoms with Crippen LogP contribution in [0.3, 0.4) is 0 Å². The van der Waals surface area contributed by atoms with Gasteiger partial charge in [-0.15, -0.1) is 0 Å². The van der Waals surface area contributed by atoms with Gasteiger partial charge < -0.3 is 20.5 Å². The minimum atomic E-state index is -5.33. The van der Waals surface area contributed by atoms with Gasteiger partial charge in [-0.3, -0.25) is 4.79 Å². The summed E-state index contributed by atoms with van der Waals surface area (Å²) in [5, 5.41) is 22.5. The molecule has 3 unspecified atom stereocenters. The Labute approximate surface area is 140 Å². The lowest BCUT2D eigenvalue weighted by Crippen LogP contribution is -2.73. The molecular weight excluding hydrogens is 343 g/mol. The van der Waals surface area contributed by atoms with Gasteiger partial charge in [0.2, 0.25) is 0 Å². The van der Waals surface area contributed by atoms with Crippen LogP contribution in [0.15, 0.2) is 24.3 Å². The van der Waals surface area contributed by atoms with Crippen molar-refractivity contribution in [1.29, 1.82) is 5.26 Å². The molecule has 0 aromatic heterocycles. The topological polar surface area (TPSA) is 111 Å². The fraction of sp³-hybridized carbons (Fsp3) is 0.400. The van der Waals surface area contributed by atoms with Gasteiger partial charge in [0.25, 0.3) is 5.72 Å². The van der Waals surface area contributed by atoms with E-state index in [4.69, 9.17) is 5.26 Å². The molecular formula is C15H14F3N3O4. The van der Waals surface area contributed by atoms with Crippen molar-refractivity contribution in [3.63, 3.8) is 0 Å². The number of halogens is 3. The van der Waals surface area contributed by atoms with Crippen molar-refractivity contribution in [2.75, 3.05) is 6.61 Å². The summed E-state index contributed by atoms with van der Waals surface area (Å²) in [5.41, 5.74) is -3.46. The first kappa shape index (κ1) is 18.5. The summed E-state index contributed by atoms with van der Waals surface area (Å²) in [6.45, 7) is 1.19. The van der Waals surface area contributed by atoms with Crippen LogP contribution >= 0.6 is 0 Å². The third-order valence-corrected chi connectivity index (χ3v) is 3.75. The number of urea groups is 1. The highest BCUT2D eigenvalue weighted by Gasteiger charge is 2.67. The number of hydrogen-bond acceptors (Lipinski definition) is 5. The van der Waals surface area contributed by atoms with E-state index in [1.807, 2.05) is 6.07 Å². The third-order valence-electron chi connectivity index (χ3n) is 3.75. The quantitative estimate of drug-likeness (QED) is 0.707. The Morgan fingerprint density at radius 1 is 1.40 bits per heavy atom. The Morgan fingerprint density at radius 3 is 2.48 bits per heavy atom. The molecule has 1 saturated heterocycles. The molecule has 0 radical (unpaired) electrons. The number of carbonyl (C=O) groups excluding carboxylic acids is 2. The molecule has 2 amide bonds. The molecule has 25 heavy (non-hydrogen) atoms. The number of rotatable bonds is 3. The summed E-state index contributed by atoms with van der Waals surface area (Å²) in [7, 11) is 0. The van der Waals surface area contributed by atoms with Crippen LogP contribution in [0.1, 0.15) is 24.1 Å². The second-order valence-corrected chi connectivity index (χ2v) is 5.30. The summed E-state index contributed by atoms with van der Waals surface area (Å²) in [6, 6.07) is 4.25. The van der Waals surface area contributed by atoms with Crippen LogP contribution in [-0.4, -0.2) is 35.6 Å². The zero-order chi connectivity index (χ0) is 18.8. The standard InChI is InChI=1S/C15H14F3N3O4/c1-2-25-12(22)10-11(9-5-3-8(7-19)4-6-9)20-13(23)21-14(10,24)15(16,17)18/h3-6,10-11,24H,2H2,1H3,(H2,20,21,23). The number of benzene rings is 1. The van der Waals surface area contributed by atoms with Crippen molar-refractivity contribution in [3.05, 3.63) is 35.4 Å². The number of carbonyl (C=O) groups is 2. The van der Waals surface area contributed by atoms with Crippen molar-refractivity contribution in [2.24, 2.45) is 5.92 Å². The number of ether oxygens (including phenoxy) is 1. The van der Waals surface area contributed by atoms with E-state index in [-0.39, 0.29) is 17.7 Å². The van der Waals surface area contributed by atoms with Crippen molar-refractivity contribution < 1.29 is 32.6 Å². The number of esters is 1. The van der Waals surface area contributed by atoms with E-state index in [1.165, 1.54) is 36.5 Å². The maximum Gasteiger partial charge on any atom is 0.437 e. The molecule has 1 aliphatic rings. The van der Waals surface area contributed by atoms with Gasteiger partial charge in [-0.1, -0.05) is 12.1 Å². The summed E-state index contributed by atoms with van der Waals surface area (Å²) in [5.74, 6) is -3.51. The smallest absolute Gasteiger partial charge is 0.437 e. The van der Waals surface area contributed by atoms with Crippen molar-refractivity contribution >= 4 is 12.0 Å². The van der Waals surface area contributed by atoms with Gasteiger partial charge in [-0.25, -0.2) is 4.79 Å². The van der Waals surface area contributed by atoms with Crippen LogP contribution in [0.25, 0.3) is 0 Å². The number of aliphatic hydroxyl groups is 1. The normalized spacial score (nSPS) is 26.2. The summed E-state index contributed by atoms with van der Waals surface area (Å²) >= 11 is 0. The minimum absolute atomic E-state index is 0.106. The van der Waals surface area contributed by atoms with Gasteiger partial charge >= 0.3 is 18.2 Å². The number of nitriles is 1. The predicted octanol–water partition coefficient (Wildman–Crippen LogP) is 1.34. The van der Waals surface area contributed by atoms with E-state index in [9.17, 15) is 27.9 Å². The molecule has 1 fully saturated rings.